The van der Waals surface area contributed by atoms with Crippen LogP contribution in [0.3, 0.4) is 0 Å². The monoisotopic (exact) mass is 252 g/mol. The summed E-state index contributed by atoms with van der Waals surface area (Å²) in [4.78, 5) is 13.1. The largest absolute Gasteiger partial charge is 0.379 e. The van der Waals surface area contributed by atoms with Crippen molar-refractivity contribution in [2.45, 2.75) is 10.9 Å². The van der Waals surface area contributed by atoms with Crippen molar-refractivity contribution in [3.63, 3.8) is 0 Å². The van der Waals surface area contributed by atoms with E-state index in [0.717, 1.165) is 10.6 Å². The maximum atomic E-state index is 11.9. The molecule has 1 aliphatic rings. The fourth-order valence-corrected chi connectivity index (χ4v) is 2.24. The molecule has 0 spiro atoms. The van der Waals surface area contributed by atoms with E-state index in [9.17, 15) is 4.79 Å². The van der Waals surface area contributed by atoms with Gasteiger partial charge in [0.15, 0.2) is 0 Å². The van der Waals surface area contributed by atoms with Gasteiger partial charge in [-0.25, -0.2) is 0 Å². The molecule has 17 heavy (non-hydrogen) atoms. The molecule has 92 valence electrons. The van der Waals surface area contributed by atoms with Crippen LogP contribution in [-0.4, -0.2) is 31.4 Å². The van der Waals surface area contributed by atoms with Crippen molar-refractivity contribution in [2.24, 2.45) is 11.7 Å². The highest BCUT2D eigenvalue weighted by molar-refractivity contribution is 7.98. The summed E-state index contributed by atoms with van der Waals surface area (Å²) in [5.74, 6) is -0.304. The Labute approximate surface area is 105 Å². The standard InChI is InChI=1S/C12H16N2O2S/c1-17-9-4-2-3-8(5-9)14-12(15)10-6-16-7-11(10)13/h2-5,10-11H,6-7,13H2,1H3,(H,14,15). The summed E-state index contributed by atoms with van der Waals surface area (Å²) in [5, 5.41) is 2.88. The highest BCUT2D eigenvalue weighted by Crippen LogP contribution is 2.20. The smallest absolute Gasteiger partial charge is 0.231 e. The first-order valence-electron chi connectivity index (χ1n) is 5.49. The number of rotatable bonds is 3. The van der Waals surface area contributed by atoms with Gasteiger partial charge in [0.1, 0.15) is 0 Å². The van der Waals surface area contributed by atoms with Crippen LogP contribution in [0, 0.1) is 5.92 Å². The normalized spacial score (nSPS) is 23.6. The van der Waals surface area contributed by atoms with Crippen molar-refractivity contribution in [2.75, 3.05) is 24.8 Å². The predicted molar refractivity (Wildman–Crippen MR) is 69.1 cm³/mol. The third-order valence-electron chi connectivity index (χ3n) is 2.80. The lowest BCUT2D eigenvalue weighted by Crippen LogP contribution is -2.37. The minimum Gasteiger partial charge on any atom is -0.379 e. The van der Waals surface area contributed by atoms with Crippen LogP contribution in [0.2, 0.25) is 0 Å². The molecule has 3 N–H and O–H groups in total. The Morgan fingerprint density at radius 2 is 2.35 bits per heavy atom. The molecule has 0 radical (unpaired) electrons. The van der Waals surface area contributed by atoms with Crippen LogP contribution in [0.25, 0.3) is 0 Å². The molecule has 1 aromatic carbocycles. The Bertz CT molecular complexity index is 411. The van der Waals surface area contributed by atoms with Crippen molar-refractivity contribution in [3.05, 3.63) is 24.3 Å². The summed E-state index contributed by atoms with van der Waals surface area (Å²) in [7, 11) is 0. The van der Waals surface area contributed by atoms with Crippen LogP contribution in [0.5, 0.6) is 0 Å². The number of amides is 1. The van der Waals surface area contributed by atoms with Gasteiger partial charge in [-0.3, -0.25) is 4.79 Å². The number of thioether (sulfide) groups is 1. The lowest BCUT2D eigenvalue weighted by molar-refractivity contribution is -0.120. The SMILES string of the molecule is CSc1cccc(NC(=O)C2COCC2N)c1. The zero-order valence-corrected chi connectivity index (χ0v) is 10.5. The van der Waals surface area contributed by atoms with E-state index in [2.05, 4.69) is 5.32 Å². The molecule has 1 aliphatic heterocycles. The highest BCUT2D eigenvalue weighted by atomic mass is 32.2. The average molecular weight is 252 g/mol. The molecular weight excluding hydrogens is 236 g/mol. The van der Waals surface area contributed by atoms with E-state index >= 15 is 0 Å². The number of benzene rings is 1. The number of carbonyl (C=O) groups is 1. The molecular formula is C12H16N2O2S. The Balaban J connectivity index is 2.02. The van der Waals surface area contributed by atoms with Crippen molar-refractivity contribution in [3.8, 4) is 0 Å². The number of nitrogens with two attached hydrogens (primary N) is 1. The van der Waals surface area contributed by atoms with Crippen LogP contribution in [0.15, 0.2) is 29.2 Å². The van der Waals surface area contributed by atoms with Gasteiger partial charge in [-0.15, -0.1) is 11.8 Å². The fraction of sp³-hybridized carbons (Fsp3) is 0.417. The van der Waals surface area contributed by atoms with E-state index in [1.165, 1.54) is 0 Å². The maximum Gasteiger partial charge on any atom is 0.231 e. The summed E-state index contributed by atoms with van der Waals surface area (Å²) in [5.41, 5.74) is 6.61. The zero-order chi connectivity index (χ0) is 12.3. The maximum absolute atomic E-state index is 11.9. The number of hydrogen-bond acceptors (Lipinski definition) is 4. The van der Waals surface area contributed by atoms with Gasteiger partial charge < -0.3 is 15.8 Å². The lowest BCUT2D eigenvalue weighted by atomic mass is 10.0. The topological polar surface area (TPSA) is 64.3 Å². The minimum atomic E-state index is -0.243. The summed E-state index contributed by atoms with van der Waals surface area (Å²) in [6, 6.07) is 7.55. The van der Waals surface area contributed by atoms with E-state index < -0.39 is 0 Å². The molecule has 0 aromatic heterocycles. The number of hydrogen-bond donors (Lipinski definition) is 2. The van der Waals surface area contributed by atoms with Gasteiger partial charge in [0.25, 0.3) is 0 Å². The third kappa shape index (κ3) is 3.00. The fourth-order valence-electron chi connectivity index (χ4n) is 1.78. The highest BCUT2D eigenvalue weighted by Gasteiger charge is 2.31. The molecule has 1 fully saturated rings. The molecule has 1 heterocycles. The second kappa shape index (κ2) is 5.53. The van der Waals surface area contributed by atoms with Gasteiger partial charge >= 0.3 is 0 Å². The molecule has 1 amide bonds. The molecule has 0 bridgehead atoms. The molecule has 2 rings (SSSR count). The van der Waals surface area contributed by atoms with E-state index in [1.54, 1.807) is 11.8 Å². The van der Waals surface area contributed by atoms with Crippen LogP contribution >= 0.6 is 11.8 Å². The van der Waals surface area contributed by atoms with Gasteiger partial charge in [0.2, 0.25) is 5.91 Å². The number of ether oxygens (including phenoxy) is 1. The predicted octanol–water partition coefficient (Wildman–Crippen LogP) is 1.32. The van der Waals surface area contributed by atoms with Gasteiger partial charge in [-0.1, -0.05) is 6.07 Å². The Morgan fingerprint density at radius 3 is 3.00 bits per heavy atom. The average Bonchev–Trinajstić information content (AvgIpc) is 2.76. The first-order valence-corrected chi connectivity index (χ1v) is 6.71. The van der Waals surface area contributed by atoms with Crippen molar-refractivity contribution < 1.29 is 9.53 Å². The van der Waals surface area contributed by atoms with Crippen LogP contribution in [-0.2, 0) is 9.53 Å². The van der Waals surface area contributed by atoms with E-state index in [-0.39, 0.29) is 17.9 Å². The van der Waals surface area contributed by atoms with Gasteiger partial charge in [0.05, 0.1) is 19.1 Å². The number of carbonyl (C=O) groups excluding carboxylic acids is 1. The summed E-state index contributed by atoms with van der Waals surface area (Å²) in [6.45, 7) is 0.873. The van der Waals surface area contributed by atoms with E-state index in [4.69, 9.17) is 10.5 Å². The Hall–Kier alpha value is -1.04. The summed E-state index contributed by atoms with van der Waals surface area (Å²) < 4.78 is 5.18. The van der Waals surface area contributed by atoms with Gasteiger partial charge in [0, 0.05) is 16.6 Å². The summed E-state index contributed by atoms with van der Waals surface area (Å²) in [6.07, 6.45) is 2.00. The Kier molecular flexibility index (Phi) is 4.04. The van der Waals surface area contributed by atoms with Crippen molar-refractivity contribution in [1.29, 1.82) is 0 Å². The molecule has 2 unspecified atom stereocenters. The Morgan fingerprint density at radius 1 is 1.53 bits per heavy atom. The quantitative estimate of drug-likeness (QED) is 0.796. The van der Waals surface area contributed by atoms with Crippen LogP contribution < -0.4 is 11.1 Å². The van der Waals surface area contributed by atoms with Crippen molar-refractivity contribution in [1.82, 2.24) is 0 Å². The first-order chi connectivity index (χ1) is 8.20. The second-order valence-electron chi connectivity index (χ2n) is 4.03. The van der Waals surface area contributed by atoms with E-state index in [1.807, 2.05) is 30.5 Å². The van der Waals surface area contributed by atoms with Crippen molar-refractivity contribution >= 4 is 23.4 Å². The third-order valence-corrected chi connectivity index (χ3v) is 3.52. The van der Waals surface area contributed by atoms with Gasteiger partial charge in [-0.05, 0) is 24.5 Å². The molecule has 4 nitrogen and oxygen atoms in total. The number of anilines is 1. The second-order valence-corrected chi connectivity index (χ2v) is 4.91. The molecule has 2 atom stereocenters. The number of nitrogens with one attached hydrogen (secondary N) is 1. The van der Waals surface area contributed by atoms with Crippen LogP contribution in [0.4, 0.5) is 5.69 Å². The van der Waals surface area contributed by atoms with Gasteiger partial charge in [-0.2, -0.15) is 0 Å². The zero-order valence-electron chi connectivity index (χ0n) is 9.68. The lowest BCUT2D eigenvalue weighted by Gasteiger charge is -2.13. The molecule has 1 aromatic rings. The molecule has 0 saturated carbocycles. The molecule has 0 aliphatic carbocycles. The minimum absolute atomic E-state index is 0.0618. The molecule has 5 heteroatoms. The first kappa shape index (κ1) is 12.4. The summed E-state index contributed by atoms with van der Waals surface area (Å²) >= 11 is 1.64. The molecule has 1 saturated heterocycles. The van der Waals surface area contributed by atoms with Crippen LogP contribution in [0.1, 0.15) is 0 Å². The van der Waals surface area contributed by atoms with E-state index in [0.29, 0.717) is 13.2 Å².